The van der Waals surface area contributed by atoms with Crippen LogP contribution in [0.15, 0.2) is 48.8 Å². The number of carbonyl (C=O) groups is 2. The predicted octanol–water partition coefficient (Wildman–Crippen LogP) is 2.77. The molecule has 31 heavy (non-hydrogen) atoms. The van der Waals surface area contributed by atoms with Crippen LogP contribution in [0, 0.1) is 0 Å². The highest BCUT2D eigenvalue weighted by atomic mass is 19.4. The summed E-state index contributed by atoms with van der Waals surface area (Å²) in [6.45, 7) is 0. The Labute approximate surface area is 168 Å². The van der Waals surface area contributed by atoms with Gasteiger partial charge in [0.25, 0.3) is 11.8 Å². The zero-order chi connectivity index (χ0) is 22.8. The van der Waals surface area contributed by atoms with E-state index in [1.165, 1.54) is 35.3 Å². The molecule has 2 aromatic carbocycles. The van der Waals surface area contributed by atoms with Crippen LogP contribution in [0.4, 0.5) is 26.3 Å². The second-order valence-corrected chi connectivity index (χ2v) is 6.00. The molecule has 8 nitrogen and oxygen atoms in total. The molecule has 14 heteroatoms. The van der Waals surface area contributed by atoms with Crippen LogP contribution in [0.2, 0.25) is 0 Å². The number of tetrazole rings is 1. The average Bonchev–Trinajstić information content (AvgIpc) is 3.25. The summed E-state index contributed by atoms with van der Waals surface area (Å²) in [6.07, 6.45) is -8.92. The Morgan fingerprint density at radius 2 is 1.29 bits per heavy atom. The molecule has 1 heterocycles. The third kappa shape index (κ3) is 5.15. The minimum Gasteiger partial charge on any atom is -0.267 e. The van der Waals surface area contributed by atoms with Crippen molar-refractivity contribution in [1.29, 1.82) is 0 Å². The van der Waals surface area contributed by atoms with Crippen LogP contribution in [-0.4, -0.2) is 32.0 Å². The molecule has 0 fully saturated rings. The Bertz CT molecular complexity index is 1060. The van der Waals surface area contributed by atoms with Crippen LogP contribution in [0.5, 0.6) is 0 Å². The number of benzene rings is 2. The average molecular weight is 444 g/mol. The second-order valence-electron chi connectivity index (χ2n) is 6.00. The summed E-state index contributed by atoms with van der Waals surface area (Å²) in [5.74, 6) is -2.23. The number of aromatic nitrogens is 4. The summed E-state index contributed by atoms with van der Waals surface area (Å²) in [7, 11) is 0. The first-order valence-electron chi connectivity index (χ1n) is 8.19. The first kappa shape index (κ1) is 21.7. The molecule has 2 N–H and O–H groups in total. The Morgan fingerprint density at radius 3 is 1.74 bits per heavy atom. The smallest absolute Gasteiger partial charge is 0.267 e. The molecule has 0 saturated carbocycles. The van der Waals surface area contributed by atoms with E-state index >= 15 is 0 Å². The fraction of sp³-hybridized carbons (Fsp3) is 0.118. The van der Waals surface area contributed by atoms with Crippen molar-refractivity contribution in [3.05, 3.63) is 71.0 Å². The van der Waals surface area contributed by atoms with Crippen molar-refractivity contribution in [2.24, 2.45) is 0 Å². The van der Waals surface area contributed by atoms with Gasteiger partial charge in [-0.1, -0.05) is 0 Å². The predicted molar refractivity (Wildman–Crippen MR) is 90.5 cm³/mol. The van der Waals surface area contributed by atoms with Gasteiger partial charge in [0.2, 0.25) is 0 Å². The van der Waals surface area contributed by atoms with Crippen LogP contribution in [0.3, 0.4) is 0 Å². The van der Waals surface area contributed by atoms with Gasteiger partial charge in [-0.05, 0) is 52.9 Å². The molecule has 0 aliphatic heterocycles. The van der Waals surface area contributed by atoms with Crippen molar-refractivity contribution in [3.8, 4) is 5.69 Å². The quantitative estimate of drug-likeness (QED) is 0.478. The van der Waals surface area contributed by atoms with Gasteiger partial charge in [-0.2, -0.15) is 26.3 Å². The van der Waals surface area contributed by atoms with E-state index in [9.17, 15) is 35.9 Å². The van der Waals surface area contributed by atoms with Crippen LogP contribution in [0.1, 0.15) is 31.8 Å². The molecular weight excluding hydrogens is 434 g/mol. The summed E-state index contributed by atoms with van der Waals surface area (Å²) in [5, 5.41) is 10.5. The van der Waals surface area contributed by atoms with Crippen molar-refractivity contribution in [1.82, 2.24) is 31.1 Å². The molecule has 0 unspecified atom stereocenters. The number of hydrogen-bond acceptors (Lipinski definition) is 5. The van der Waals surface area contributed by atoms with Gasteiger partial charge in [-0.15, -0.1) is 5.10 Å². The number of nitrogens with one attached hydrogen (secondary N) is 2. The molecule has 0 bridgehead atoms. The number of alkyl halides is 6. The van der Waals surface area contributed by atoms with Gasteiger partial charge in [0.15, 0.2) is 0 Å². The van der Waals surface area contributed by atoms with E-state index in [1.807, 2.05) is 5.43 Å². The lowest BCUT2D eigenvalue weighted by molar-refractivity contribution is -0.143. The number of amides is 2. The standard InChI is InChI=1S/C17H10F6N6O2/c18-16(19,20)11-5-10(6-12(7-11)17(21,22)23)15(31)26-25-14(30)9-1-3-13(4-2-9)29-8-24-27-28-29/h1-8H,(H,25,30)(H,26,31). The molecular formula is C17H10F6N6O2. The number of rotatable bonds is 3. The van der Waals surface area contributed by atoms with Gasteiger partial charge in [-0.3, -0.25) is 20.4 Å². The fourth-order valence-corrected chi connectivity index (χ4v) is 2.39. The third-order valence-electron chi connectivity index (χ3n) is 3.88. The highest BCUT2D eigenvalue weighted by Gasteiger charge is 2.37. The molecule has 162 valence electrons. The van der Waals surface area contributed by atoms with E-state index in [0.29, 0.717) is 5.69 Å². The van der Waals surface area contributed by atoms with Crippen LogP contribution in [-0.2, 0) is 12.4 Å². The molecule has 2 amide bonds. The fourth-order valence-electron chi connectivity index (χ4n) is 2.39. The molecule has 0 aliphatic rings. The number of hydrazine groups is 1. The second kappa shape index (κ2) is 8.04. The van der Waals surface area contributed by atoms with Crippen molar-refractivity contribution >= 4 is 11.8 Å². The summed E-state index contributed by atoms with van der Waals surface area (Å²) in [4.78, 5) is 24.2. The van der Waals surface area contributed by atoms with Crippen molar-refractivity contribution in [2.45, 2.75) is 12.4 Å². The van der Waals surface area contributed by atoms with E-state index in [1.54, 1.807) is 5.43 Å². The van der Waals surface area contributed by atoms with Crippen molar-refractivity contribution in [3.63, 3.8) is 0 Å². The van der Waals surface area contributed by atoms with Crippen LogP contribution in [0.25, 0.3) is 5.69 Å². The lowest BCUT2D eigenvalue weighted by atomic mass is 10.0. The Morgan fingerprint density at radius 1 is 0.774 bits per heavy atom. The zero-order valence-electron chi connectivity index (χ0n) is 15.0. The van der Waals surface area contributed by atoms with E-state index in [4.69, 9.17) is 0 Å². The summed E-state index contributed by atoms with van der Waals surface area (Å²) >= 11 is 0. The molecule has 0 saturated heterocycles. The molecule has 0 aliphatic carbocycles. The minimum atomic E-state index is -5.11. The maximum absolute atomic E-state index is 12.9. The summed E-state index contributed by atoms with van der Waals surface area (Å²) in [5.41, 5.74) is 0.00836. The molecule has 3 rings (SSSR count). The van der Waals surface area contributed by atoms with Crippen molar-refractivity contribution < 1.29 is 35.9 Å². The largest absolute Gasteiger partial charge is 0.416 e. The maximum atomic E-state index is 12.9. The highest BCUT2D eigenvalue weighted by Crippen LogP contribution is 2.36. The number of carbonyl (C=O) groups excluding carboxylic acids is 2. The molecule has 3 aromatic rings. The van der Waals surface area contributed by atoms with Gasteiger partial charge in [-0.25, -0.2) is 4.68 Å². The SMILES string of the molecule is O=C(NNC(=O)c1cc(C(F)(F)F)cc(C(F)(F)F)c1)c1ccc(-n2cnnn2)cc1. The number of nitrogens with zero attached hydrogens (tertiary/aromatic N) is 4. The van der Waals surface area contributed by atoms with Crippen LogP contribution >= 0.6 is 0 Å². The number of halogens is 6. The maximum Gasteiger partial charge on any atom is 0.416 e. The molecule has 0 radical (unpaired) electrons. The van der Waals surface area contributed by atoms with Crippen molar-refractivity contribution in [2.75, 3.05) is 0 Å². The van der Waals surface area contributed by atoms with Crippen LogP contribution < -0.4 is 10.9 Å². The van der Waals surface area contributed by atoms with Gasteiger partial charge < -0.3 is 0 Å². The van der Waals surface area contributed by atoms with E-state index in [-0.39, 0.29) is 23.8 Å². The lowest BCUT2D eigenvalue weighted by Gasteiger charge is -2.14. The minimum absolute atomic E-state index is 0.0390. The summed E-state index contributed by atoms with van der Waals surface area (Å²) < 4.78 is 78.6. The van der Waals surface area contributed by atoms with E-state index < -0.39 is 40.9 Å². The lowest BCUT2D eigenvalue weighted by Crippen LogP contribution is -2.41. The molecule has 0 atom stereocenters. The highest BCUT2D eigenvalue weighted by molar-refractivity contribution is 5.99. The molecule has 0 spiro atoms. The Kier molecular flexibility index (Phi) is 5.64. The third-order valence-corrected chi connectivity index (χ3v) is 3.88. The molecule has 1 aromatic heterocycles. The number of hydrogen-bond donors (Lipinski definition) is 2. The summed E-state index contributed by atoms with van der Waals surface area (Å²) in [6, 6.07) is 6.00. The topological polar surface area (TPSA) is 102 Å². The Hall–Kier alpha value is -3.97. The normalized spacial score (nSPS) is 11.8. The van der Waals surface area contributed by atoms with Gasteiger partial charge in [0, 0.05) is 11.1 Å². The first-order valence-corrected chi connectivity index (χ1v) is 8.19. The van der Waals surface area contributed by atoms with Gasteiger partial charge in [0.1, 0.15) is 6.33 Å². The zero-order valence-corrected chi connectivity index (χ0v) is 15.0. The van der Waals surface area contributed by atoms with Gasteiger partial charge in [0.05, 0.1) is 16.8 Å². The van der Waals surface area contributed by atoms with E-state index in [2.05, 4.69) is 15.5 Å². The Balaban J connectivity index is 1.73. The van der Waals surface area contributed by atoms with Gasteiger partial charge >= 0.3 is 12.4 Å². The first-order chi connectivity index (χ1) is 14.4. The van der Waals surface area contributed by atoms with E-state index in [0.717, 1.165) is 0 Å². The monoisotopic (exact) mass is 444 g/mol.